The Bertz CT molecular complexity index is 309. The first kappa shape index (κ1) is 10.8. The lowest BCUT2D eigenvalue weighted by molar-refractivity contribution is 0.321. The van der Waals surface area contributed by atoms with E-state index >= 15 is 0 Å². The molecule has 78 valence electrons. The molecule has 1 N–H and O–H groups in total. The quantitative estimate of drug-likeness (QED) is 0.456. The number of hydrogen-bond acceptors (Lipinski definition) is 3. The van der Waals surface area contributed by atoms with Crippen LogP contribution >= 0.6 is 0 Å². The van der Waals surface area contributed by atoms with Gasteiger partial charge in [-0.1, -0.05) is 25.9 Å². The summed E-state index contributed by atoms with van der Waals surface area (Å²) < 4.78 is 1.98. The molecule has 1 aromatic heterocycles. The van der Waals surface area contributed by atoms with Crippen molar-refractivity contribution in [1.82, 2.24) is 9.55 Å². The molecular formula is C10H17N3O. The van der Waals surface area contributed by atoms with Crippen LogP contribution in [0.5, 0.6) is 0 Å². The highest BCUT2D eigenvalue weighted by molar-refractivity contribution is 5.74. The van der Waals surface area contributed by atoms with Gasteiger partial charge in [-0.2, -0.15) is 0 Å². The number of imidazole rings is 1. The van der Waals surface area contributed by atoms with E-state index in [1.165, 1.54) is 6.21 Å². The summed E-state index contributed by atoms with van der Waals surface area (Å²) in [6, 6.07) is 0. The molecule has 4 heteroatoms. The third-order valence-electron chi connectivity index (χ3n) is 2.02. The highest BCUT2D eigenvalue weighted by atomic mass is 16.4. The molecule has 0 spiro atoms. The highest BCUT2D eigenvalue weighted by Crippen LogP contribution is 2.19. The topological polar surface area (TPSA) is 50.4 Å². The van der Waals surface area contributed by atoms with Crippen LogP contribution in [0.1, 0.15) is 33.0 Å². The van der Waals surface area contributed by atoms with Gasteiger partial charge in [-0.15, -0.1) is 0 Å². The van der Waals surface area contributed by atoms with Gasteiger partial charge in [0.25, 0.3) is 0 Å². The van der Waals surface area contributed by atoms with Gasteiger partial charge in [0.1, 0.15) is 6.21 Å². The zero-order valence-corrected chi connectivity index (χ0v) is 8.94. The summed E-state index contributed by atoms with van der Waals surface area (Å²) in [5, 5.41) is 11.4. The smallest absolute Gasteiger partial charge is 0.154 e. The molecule has 0 unspecified atom stereocenters. The molecule has 0 saturated carbocycles. The molecule has 14 heavy (non-hydrogen) atoms. The Labute approximate surface area is 84.3 Å². The van der Waals surface area contributed by atoms with Crippen molar-refractivity contribution in [3.8, 4) is 0 Å². The lowest BCUT2D eigenvalue weighted by Crippen LogP contribution is -2.11. The molecule has 0 aliphatic heterocycles. The van der Waals surface area contributed by atoms with Crippen molar-refractivity contribution in [2.45, 2.75) is 33.7 Å². The SMILES string of the molecule is CC(C)(C)CCn1ccnc1C=NO. The average molecular weight is 195 g/mol. The summed E-state index contributed by atoms with van der Waals surface area (Å²) >= 11 is 0. The lowest BCUT2D eigenvalue weighted by Gasteiger charge is -2.18. The molecule has 0 fully saturated rings. The van der Waals surface area contributed by atoms with Crippen LogP contribution in [0.3, 0.4) is 0 Å². The molecule has 1 heterocycles. The fraction of sp³-hybridized carbons (Fsp3) is 0.600. The van der Waals surface area contributed by atoms with Crippen LogP contribution in [0.4, 0.5) is 0 Å². The van der Waals surface area contributed by atoms with Crippen molar-refractivity contribution >= 4 is 6.21 Å². The van der Waals surface area contributed by atoms with E-state index in [1.54, 1.807) is 6.20 Å². The number of rotatable bonds is 3. The van der Waals surface area contributed by atoms with E-state index in [1.807, 2.05) is 10.8 Å². The molecule has 1 aromatic rings. The first-order valence-electron chi connectivity index (χ1n) is 4.71. The Hall–Kier alpha value is -1.32. The van der Waals surface area contributed by atoms with E-state index in [9.17, 15) is 0 Å². The highest BCUT2D eigenvalue weighted by Gasteiger charge is 2.10. The largest absolute Gasteiger partial charge is 0.411 e. The second-order valence-corrected chi connectivity index (χ2v) is 4.53. The zero-order valence-electron chi connectivity index (χ0n) is 8.94. The zero-order chi connectivity index (χ0) is 10.6. The molecule has 0 radical (unpaired) electrons. The van der Waals surface area contributed by atoms with Crippen molar-refractivity contribution in [2.75, 3.05) is 0 Å². The molecular weight excluding hydrogens is 178 g/mol. The Kier molecular flexibility index (Phi) is 3.28. The molecule has 0 atom stereocenters. The molecule has 0 aliphatic rings. The van der Waals surface area contributed by atoms with Crippen LogP contribution in [0.25, 0.3) is 0 Å². The van der Waals surface area contributed by atoms with Crippen molar-refractivity contribution in [1.29, 1.82) is 0 Å². The third-order valence-corrected chi connectivity index (χ3v) is 2.02. The Morgan fingerprint density at radius 2 is 2.29 bits per heavy atom. The van der Waals surface area contributed by atoms with Gasteiger partial charge in [0.15, 0.2) is 5.82 Å². The summed E-state index contributed by atoms with van der Waals surface area (Å²) in [5.74, 6) is 0.691. The van der Waals surface area contributed by atoms with Crippen LogP contribution < -0.4 is 0 Å². The summed E-state index contributed by atoms with van der Waals surface area (Å²) in [5.41, 5.74) is 0.303. The minimum Gasteiger partial charge on any atom is -0.411 e. The summed E-state index contributed by atoms with van der Waals surface area (Å²) in [6.07, 6.45) is 6.01. The Morgan fingerprint density at radius 3 is 2.86 bits per heavy atom. The van der Waals surface area contributed by atoms with E-state index in [-0.39, 0.29) is 0 Å². The van der Waals surface area contributed by atoms with Gasteiger partial charge >= 0.3 is 0 Å². The lowest BCUT2D eigenvalue weighted by atomic mass is 9.92. The maximum Gasteiger partial charge on any atom is 0.154 e. The van der Waals surface area contributed by atoms with Crippen molar-refractivity contribution in [3.63, 3.8) is 0 Å². The normalized spacial score (nSPS) is 12.5. The second kappa shape index (κ2) is 4.26. The minimum atomic E-state index is 0.303. The number of nitrogens with zero attached hydrogens (tertiary/aromatic N) is 3. The number of oxime groups is 1. The number of aryl methyl sites for hydroxylation is 1. The Balaban J connectivity index is 2.63. The van der Waals surface area contributed by atoms with E-state index in [4.69, 9.17) is 5.21 Å². The second-order valence-electron chi connectivity index (χ2n) is 4.53. The van der Waals surface area contributed by atoms with Gasteiger partial charge < -0.3 is 9.77 Å². The van der Waals surface area contributed by atoms with E-state index in [2.05, 4.69) is 30.9 Å². The van der Waals surface area contributed by atoms with Gasteiger partial charge in [-0.25, -0.2) is 4.98 Å². The molecule has 0 aromatic carbocycles. The molecule has 0 amide bonds. The standard InChI is InChI=1S/C10H17N3O/c1-10(2,3)4-6-13-7-5-11-9(13)8-12-14/h5,7-8,14H,4,6H2,1-3H3. The summed E-state index contributed by atoms with van der Waals surface area (Å²) in [4.78, 5) is 4.06. The van der Waals surface area contributed by atoms with Gasteiger partial charge in [0, 0.05) is 18.9 Å². The molecule has 0 aliphatic carbocycles. The minimum absolute atomic E-state index is 0.303. The summed E-state index contributed by atoms with van der Waals surface area (Å²) in [7, 11) is 0. The van der Waals surface area contributed by atoms with Crippen LogP contribution in [0.15, 0.2) is 17.5 Å². The van der Waals surface area contributed by atoms with Crippen LogP contribution in [-0.4, -0.2) is 21.0 Å². The molecule has 0 saturated heterocycles. The maximum atomic E-state index is 8.41. The maximum absolute atomic E-state index is 8.41. The van der Waals surface area contributed by atoms with Gasteiger partial charge in [0.05, 0.1) is 0 Å². The first-order valence-corrected chi connectivity index (χ1v) is 4.71. The number of aromatic nitrogens is 2. The Morgan fingerprint density at radius 1 is 1.57 bits per heavy atom. The van der Waals surface area contributed by atoms with E-state index in [0.29, 0.717) is 11.2 Å². The third kappa shape index (κ3) is 3.20. The average Bonchev–Trinajstić information content (AvgIpc) is 2.48. The predicted octanol–water partition coefficient (Wildman–Crippen LogP) is 2.13. The van der Waals surface area contributed by atoms with Crippen LogP contribution in [0.2, 0.25) is 0 Å². The van der Waals surface area contributed by atoms with Gasteiger partial charge in [0.2, 0.25) is 0 Å². The fourth-order valence-corrected chi connectivity index (χ4v) is 1.14. The predicted molar refractivity (Wildman–Crippen MR) is 55.7 cm³/mol. The van der Waals surface area contributed by atoms with E-state index < -0.39 is 0 Å². The molecule has 1 rings (SSSR count). The van der Waals surface area contributed by atoms with Gasteiger partial charge in [-0.3, -0.25) is 0 Å². The van der Waals surface area contributed by atoms with Crippen molar-refractivity contribution < 1.29 is 5.21 Å². The fourth-order valence-electron chi connectivity index (χ4n) is 1.14. The van der Waals surface area contributed by atoms with Gasteiger partial charge in [-0.05, 0) is 11.8 Å². The molecule has 4 nitrogen and oxygen atoms in total. The van der Waals surface area contributed by atoms with E-state index in [0.717, 1.165) is 13.0 Å². The monoisotopic (exact) mass is 195 g/mol. The summed E-state index contributed by atoms with van der Waals surface area (Å²) in [6.45, 7) is 7.49. The first-order chi connectivity index (χ1) is 6.53. The van der Waals surface area contributed by atoms with Crippen LogP contribution in [0, 0.1) is 5.41 Å². The van der Waals surface area contributed by atoms with Crippen molar-refractivity contribution in [3.05, 3.63) is 18.2 Å². The molecule has 0 bridgehead atoms. The number of hydrogen-bond donors (Lipinski definition) is 1. The van der Waals surface area contributed by atoms with Crippen LogP contribution in [-0.2, 0) is 6.54 Å². The van der Waals surface area contributed by atoms with Crippen molar-refractivity contribution in [2.24, 2.45) is 10.6 Å².